The predicted molar refractivity (Wildman–Crippen MR) is 71.2 cm³/mol. The molecular weight excluding hydrogens is 239 g/mol. The first kappa shape index (κ1) is 12.3. The lowest BCUT2D eigenvalue weighted by Gasteiger charge is -2.31. The first-order valence-corrected chi connectivity index (χ1v) is 6.72. The van der Waals surface area contributed by atoms with E-state index in [9.17, 15) is 0 Å². The Balaban J connectivity index is 2.18. The average molecular weight is 257 g/mol. The number of halogens is 2. The Bertz CT molecular complexity index is 354. The minimum atomic E-state index is 0.120. The van der Waals surface area contributed by atoms with Crippen molar-refractivity contribution >= 4 is 23.2 Å². The summed E-state index contributed by atoms with van der Waals surface area (Å²) in [6.45, 7) is 4.66. The van der Waals surface area contributed by atoms with Crippen molar-refractivity contribution in [3.05, 3.63) is 34.9 Å². The van der Waals surface area contributed by atoms with Crippen LogP contribution in [0.4, 0.5) is 0 Å². The molecule has 0 saturated heterocycles. The largest absolute Gasteiger partial charge is 0.118 e. The smallest absolute Gasteiger partial charge is 0.0618 e. The van der Waals surface area contributed by atoms with Gasteiger partial charge in [0.1, 0.15) is 0 Å². The van der Waals surface area contributed by atoms with Crippen LogP contribution in [0.3, 0.4) is 0 Å². The van der Waals surface area contributed by atoms with E-state index in [1.165, 1.54) is 24.8 Å². The van der Waals surface area contributed by atoms with Crippen molar-refractivity contribution < 1.29 is 0 Å². The van der Waals surface area contributed by atoms with E-state index in [1.54, 1.807) is 0 Å². The summed E-state index contributed by atoms with van der Waals surface area (Å²) in [7, 11) is 0. The molecule has 0 bridgehead atoms. The second-order valence-corrected chi connectivity index (χ2v) is 6.35. The van der Waals surface area contributed by atoms with Crippen LogP contribution in [0, 0.1) is 11.3 Å². The highest BCUT2D eigenvalue weighted by molar-refractivity contribution is 6.30. The second-order valence-electron chi connectivity index (χ2n) is 5.44. The Labute approximate surface area is 108 Å². The molecule has 1 aliphatic carbocycles. The molecule has 1 aromatic carbocycles. The molecule has 0 spiro atoms. The quantitative estimate of drug-likeness (QED) is 0.618. The Morgan fingerprint density at radius 1 is 1.25 bits per heavy atom. The van der Waals surface area contributed by atoms with Gasteiger partial charge in [-0.15, -0.1) is 11.6 Å². The van der Waals surface area contributed by atoms with Crippen molar-refractivity contribution in [3.63, 3.8) is 0 Å². The van der Waals surface area contributed by atoms with Gasteiger partial charge < -0.3 is 0 Å². The molecule has 0 radical (unpaired) electrons. The van der Waals surface area contributed by atoms with Gasteiger partial charge in [0.2, 0.25) is 0 Å². The molecule has 0 N–H and O–H groups in total. The summed E-state index contributed by atoms with van der Waals surface area (Å²) in [6, 6.07) is 7.95. The van der Waals surface area contributed by atoms with Gasteiger partial charge in [-0.05, 0) is 41.9 Å². The fourth-order valence-electron chi connectivity index (χ4n) is 2.78. The van der Waals surface area contributed by atoms with Crippen molar-refractivity contribution in [3.8, 4) is 0 Å². The summed E-state index contributed by atoms with van der Waals surface area (Å²) < 4.78 is 0. The molecule has 88 valence electrons. The fraction of sp³-hybridized carbons (Fsp3) is 0.571. The van der Waals surface area contributed by atoms with Crippen LogP contribution < -0.4 is 0 Å². The lowest BCUT2D eigenvalue weighted by atomic mass is 9.78. The number of benzene rings is 1. The van der Waals surface area contributed by atoms with E-state index < -0.39 is 0 Å². The second kappa shape index (κ2) is 4.58. The minimum Gasteiger partial charge on any atom is -0.118 e. The van der Waals surface area contributed by atoms with E-state index in [0.717, 1.165) is 5.02 Å². The normalized spacial score (nSPS) is 25.6. The standard InChI is InChI=1S/C14H18Cl2/c1-14(2)9-3-4-12(14)13(16)10-5-7-11(15)8-6-10/h5-8,12-13H,3-4,9H2,1-2H3. The van der Waals surface area contributed by atoms with Crippen LogP contribution >= 0.6 is 23.2 Å². The summed E-state index contributed by atoms with van der Waals surface area (Å²) in [6.07, 6.45) is 3.83. The van der Waals surface area contributed by atoms with Gasteiger partial charge >= 0.3 is 0 Å². The Hall–Kier alpha value is -0.200. The molecular formula is C14H18Cl2. The third-order valence-corrected chi connectivity index (χ3v) is 4.69. The van der Waals surface area contributed by atoms with E-state index >= 15 is 0 Å². The van der Waals surface area contributed by atoms with Gasteiger partial charge in [-0.25, -0.2) is 0 Å². The molecule has 16 heavy (non-hydrogen) atoms. The lowest BCUT2D eigenvalue weighted by molar-refractivity contribution is 0.252. The molecule has 0 nitrogen and oxygen atoms in total. The van der Waals surface area contributed by atoms with E-state index in [4.69, 9.17) is 23.2 Å². The summed E-state index contributed by atoms with van der Waals surface area (Å²) in [4.78, 5) is 0. The number of rotatable bonds is 2. The van der Waals surface area contributed by atoms with Crippen LogP contribution in [0.15, 0.2) is 24.3 Å². The molecule has 2 heteroatoms. The van der Waals surface area contributed by atoms with Crippen LogP contribution in [0.2, 0.25) is 5.02 Å². The summed E-state index contributed by atoms with van der Waals surface area (Å²) in [5, 5.41) is 0.896. The first-order chi connectivity index (χ1) is 7.50. The van der Waals surface area contributed by atoms with Crippen LogP contribution in [-0.4, -0.2) is 0 Å². The predicted octanol–water partition coefficient (Wildman–Crippen LogP) is 5.45. The zero-order chi connectivity index (χ0) is 11.8. The molecule has 1 aliphatic rings. The monoisotopic (exact) mass is 256 g/mol. The van der Waals surface area contributed by atoms with Gasteiger partial charge in [0.25, 0.3) is 0 Å². The Kier molecular flexibility index (Phi) is 3.51. The maximum Gasteiger partial charge on any atom is 0.0618 e. The van der Waals surface area contributed by atoms with Crippen molar-refractivity contribution in [2.45, 2.75) is 38.5 Å². The first-order valence-electron chi connectivity index (χ1n) is 5.90. The van der Waals surface area contributed by atoms with Crippen molar-refractivity contribution in [2.24, 2.45) is 11.3 Å². The highest BCUT2D eigenvalue weighted by Crippen LogP contribution is 2.51. The van der Waals surface area contributed by atoms with Crippen LogP contribution in [0.1, 0.15) is 44.1 Å². The fourth-order valence-corrected chi connectivity index (χ4v) is 3.51. The number of hydrogen-bond donors (Lipinski definition) is 0. The highest BCUT2D eigenvalue weighted by atomic mass is 35.5. The Morgan fingerprint density at radius 2 is 1.88 bits per heavy atom. The van der Waals surface area contributed by atoms with Gasteiger partial charge in [0.05, 0.1) is 5.38 Å². The van der Waals surface area contributed by atoms with Gasteiger partial charge in [-0.2, -0.15) is 0 Å². The topological polar surface area (TPSA) is 0 Å². The van der Waals surface area contributed by atoms with E-state index in [1.807, 2.05) is 12.1 Å². The lowest BCUT2D eigenvalue weighted by Crippen LogP contribution is -2.21. The zero-order valence-electron chi connectivity index (χ0n) is 9.84. The van der Waals surface area contributed by atoms with Crippen molar-refractivity contribution in [1.82, 2.24) is 0 Å². The maximum atomic E-state index is 6.61. The third-order valence-electron chi connectivity index (χ3n) is 3.88. The van der Waals surface area contributed by atoms with E-state index in [0.29, 0.717) is 11.3 Å². The Morgan fingerprint density at radius 3 is 2.38 bits per heavy atom. The summed E-state index contributed by atoms with van der Waals surface area (Å²) in [5.41, 5.74) is 1.57. The number of hydrogen-bond acceptors (Lipinski definition) is 0. The van der Waals surface area contributed by atoms with Gasteiger partial charge in [0.15, 0.2) is 0 Å². The summed E-state index contributed by atoms with van der Waals surface area (Å²) in [5.74, 6) is 0.579. The minimum absolute atomic E-state index is 0.120. The van der Waals surface area contributed by atoms with E-state index in [2.05, 4.69) is 26.0 Å². The van der Waals surface area contributed by atoms with Crippen LogP contribution in [0.5, 0.6) is 0 Å². The molecule has 2 unspecified atom stereocenters. The van der Waals surface area contributed by atoms with Crippen LogP contribution in [0.25, 0.3) is 0 Å². The molecule has 1 aromatic rings. The zero-order valence-corrected chi connectivity index (χ0v) is 11.4. The van der Waals surface area contributed by atoms with Crippen molar-refractivity contribution in [1.29, 1.82) is 0 Å². The molecule has 1 fully saturated rings. The summed E-state index contributed by atoms with van der Waals surface area (Å²) >= 11 is 12.5. The SMILES string of the molecule is CC1(C)CCCC1C(Cl)c1ccc(Cl)cc1. The molecule has 1 saturated carbocycles. The average Bonchev–Trinajstić information content (AvgIpc) is 2.58. The van der Waals surface area contributed by atoms with Gasteiger partial charge in [-0.3, -0.25) is 0 Å². The third kappa shape index (κ3) is 2.38. The van der Waals surface area contributed by atoms with Gasteiger partial charge in [-0.1, -0.05) is 44.0 Å². The van der Waals surface area contributed by atoms with E-state index in [-0.39, 0.29) is 5.38 Å². The van der Waals surface area contributed by atoms with Crippen molar-refractivity contribution in [2.75, 3.05) is 0 Å². The molecule has 0 aromatic heterocycles. The molecule has 0 amide bonds. The maximum absolute atomic E-state index is 6.61. The number of alkyl halides is 1. The highest BCUT2D eigenvalue weighted by Gasteiger charge is 2.39. The molecule has 2 rings (SSSR count). The van der Waals surface area contributed by atoms with Gasteiger partial charge in [0, 0.05) is 5.02 Å². The molecule has 2 atom stereocenters. The molecule has 0 heterocycles. The van der Waals surface area contributed by atoms with Crippen LogP contribution in [-0.2, 0) is 0 Å². The molecule has 0 aliphatic heterocycles.